The van der Waals surface area contributed by atoms with Crippen LogP contribution in [0.4, 0.5) is 4.39 Å². The molecular formula is C11H11FN4O4S. The van der Waals surface area contributed by atoms with Gasteiger partial charge in [0.1, 0.15) is 24.4 Å². The Morgan fingerprint density at radius 3 is 2.62 bits per heavy atom. The van der Waals surface area contributed by atoms with Crippen LogP contribution in [0.1, 0.15) is 15.9 Å². The highest BCUT2D eigenvalue weighted by molar-refractivity contribution is 7.92. The van der Waals surface area contributed by atoms with E-state index in [-0.39, 0.29) is 16.2 Å². The monoisotopic (exact) mass is 314 g/mol. The first-order valence-corrected chi connectivity index (χ1v) is 7.22. The molecule has 0 saturated carbocycles. The quantitative estimate of drug-likeness (QED) is 0.323. The first-order chi connectivity index (χ1) is 9.76. The molecule has 0 saturated heterocycles. The molecule has 2 rings (SSSR count). The summed E-state index contributed by atoms with van der Waals surface area (Å²) in [6.45, 7) is 0. The molecule has 1 aliphatic rings. The van der Waals surface area contributed by atoms with Crippen molar-refractivity contribution in [2.24, 2.45) is 21.6 Å². The summed E-state index contributed by atoms with van der Waals surface area (Å²) < 4.78 is 37.9. The zero-order valence-corrected chi connectivity index (χ0v) is 11.6. The molecule has 0 spiro atoms. The summed E-state index contributed by atoms with van der Waals surface area (Å²) in [6, 6.07) is 1.79. The normalized spacial score (nSPS) is 17.3. The van der Waals surface area contributed by atoms with Crippen molar-refractivity contribution in [2.45, 2.75) is 4.90 Å². The van der Waals surface area contributed by atoms with Crippen LogP contribution in [-0.4, -0.2) is 38.9 Å². The van der Waals surface area contributed by atoms with Gasteiger partial charge in [0.15, 0.2) is 15.8 Å². The van der Waals surface area contributed by atoms with Gasteiger partial charge >= 0.3 is 0 Å². The largest absolute Gasteiger partial charge is 0.399 e. The summed E-state index contributed by atoms with van der Waals surface area (Å²) in [7, 11) is -2.48. The minimum absolute atomic E-state index is 0.0515. The molecule has 0 aromatic heterocycles. The lowest BCUT2D eigenvalue weighted by molar-refractivity contribution is 0.0998. The Kier molecular flexibility index (Phi) is 3.64. The third-order valence-corrected chi connectivity index (χ3v) is 4.37. The number of nitrogens with two attached hydrogens (primary N) is 2. The average Bonchev–Trinajstić information content (AvgIpc) is 2.59. The van der Waals surface area contributed by atoms with Crippen LogP contribution in [0.5, 0.6) is 0 Å². The molecule has 0 unspecified atom stereocenters. The summed E-state index contributed by atoms with van der Waals surface area (Å²) in [5.74, 6) is -3.01. The highest BCUT2D eigenvalue weighted by atomic mass is 32.2. The predicted molar refractivity (Wildman–Crippen MR) is 72.1 cm³/mol. The van der Waals surface area contributed by atoms with Crippen LogP contribution in [0.2, 0.25) is 0 Å². The Bertz CT molecular complexity index is 782. The van der Waals surface area contributed by atoms with Gasteiger partial charge in [-0.1, -0.05) is 5.16 Å². The van der Waals surface area contributed by atoms with Crippen molar-refractivity contribution in [1.29, 1.82) is 0 Å². The predicted octanol–water partition coefficient (Wildman–Crippen LogP) is -0.623. The number of oxime groups is 1. The van der Waals surface area contributed by atoms with Crippen LogP contribution >= 0.6 is 0 Å². The van der Waals surface area contributed by atoms with Crippen molar-refractivity contribution in [3.8, 4) is 0 Å². The summed E-state index contributed by atoms with van der Waals surface area (Å²) in [6.07, 6.45) is 0. The van der Waals surface area contributed by atoms with E-state index in [0.717, 1.165) is 12.1 Å². The number of fused-ring (bicyclic) bond motifs is 1. The maximum Gasteiger partial charge on any atom is 0.283 e. The summed E-state index contributed by atoms with van der Waals surface area (Å²) in [4.78, 5) is 19.1. The molecule has 1 aromatic carbocycles. The molecule has 21 heavy (non-hydrogen) atoms. The van der Waals surface area contributed by atoms with Crippen molar-refractivity contribution < 1.29 is 22.4 Å². The molecule has 0 aliphatic carbocycles. The zero-order valence-electron chi connectivity index (χ0n) is 10.8. The molecule has 0 atom stereocenters. The van der Waals surface area contributed by atoms with Gasteiger partial charge in [0.05, 0.1) is 10.5 Å². The SMILES string of the molecule is CO/N=C1\CS(=O)(=O)c2cc(C(=O)N=C(N)N)c(F)cc21. The van der Waals surface area contributed by atoms with Gasteiger partial charge in [0.2, 0.25) is 0 Å². The fourth-order valence-electron chi connectivity index (χ4n) is 1.90. The van der Waals surface area contributed by atoms with E-state index >= 15 is 0 Å². The average molecular weight is 314 g/mol. The van der Waals surface area contributed by atoms with Crippen molar-refractivity contribution in [3.63, 3.8) is 0 Å². The van der Waals surface area contributed by atoms with Gasteiger partial charge in [-0.2, -0.15) is 4.99 Å². The lowest BCUT2D eigenvalue weighted by Gasteiger charge is -2.03. The van der Waals surface area contributed by atoms with Gasteiger partial charge in [-0.15, -0.1) is 0 Å². The standard InChI is InChI=1S/C11H11FN4O4S/c1-20-16-8-4-21(18,19)9-3-5(7(12)2-6(8)9)10(17)15-11(13)14/h2-3H,4H2,1H3,(H4,13,14,15,17)/b16-8+. The number of hydrogen-bond acceptors (Lipinski definition) is 5. The molecular weight excluding hydrogens is 303 g/mol. The number of nitrogens with zero attached hydrogens (tertiary/aromatic N) is 2. The maximum absolute atomic E-state index is 13.9. The smallest absolute Gasteiger partial charge is 0.283 e. The fourth-order valence-corrected chi connectivity index (χ4v) is 3.43. The number of sulfone groups is 1. The Hall–Kier alpha value is -2.49. The second kappa shape index (κ2) is 5.13. The third kappa shape index (κ3) is 2.70. The lowest BCUT2D eigenvalue weighted by Crippen LogP contribution is -2.24. The number of benzene rings is 1. The van der Waals surface area contributed by atoms with Gasteiger partial charge < -0.3 is 16.3 Å². The molecule has 0 fully saturated rings. The molecule has 1 heterocycles. The van der Waals surface area contributed by atoms with Gasteiger partial charge in [0.25, 0.3) is 5.91 Å². The van der Waals surface area contributed by atoms with Gasteiger partial charge in [-0.05, 0) is 12.1 Å². The number of carbonyl (C=O) groups excluding carboxylic acids is 1. The number of halogens is 1. The number of carbonyl (C=O) groups is 1. The molecule has 1 amide bonds. The van der Waals surface area contributed by atoms with Crippen molar-refractivity contribution in [3.05, 3.63) is 29.1 Å². The first-order valence-electron chi connectivity index (χ1n) is 5.57. The molecule has 1 aromatic rings. The van der Waals surface area contributed by atoms with Crippen molar-refractivity contribution in [1.82, 2.24) is 0 Å². The summed E-state index contributed by atoms with van der Waals surface area (Å²) >= 11 is 0. The fraction of sp³-hybridized carbons (Fsp3) is 0.182. The molecule has 0 radical (unpaired) electrons. The topological polar surface area (TPSA) is 137 Å². The maximum atomic E-state index is 13.9. The van der Waals surface area contributed by atoms with Crippen LogP contribution in [0.25, 0.3) is 0 Å². The summed E-state index contributed by atoms with van der Waals surface area (Å²) in [5, 5.41) is 3.54. The van der Waals surface area contributed by atoms with Gasteiger partial charge in [-0.3, -0.25) is 4.79 Å². The highest BCUT2D eigenvalue weighted by Crippen LogP contribution is 2.29. The van der Waals surface area contributed by atoms with Crippen LogP contribution in [-0.2, 0) is 14.7 Å². The number of rotatable bonds is 2. The number of guanidine groups is 1. The van der Waals surface area contributed by atoms with Crippen molar-refractivity contribution in [2.75, 3.05) is 12.9 Å². The Morgan fingerprint density at radius 2 is 2.05 bits per heavy atom. The second-order valence-electron chi connectivity index (χ2n) is 4.15. The van der Waals surface area contributed by atoms with Crippen molar-refractivity contribution >= 4 is 27.4 Å². The highest BCUT2D eigenvalue weighted by Gasteiger charge is 2.34. The minimum Gasteiger partial charge on any atom is -0.399 e. The van der Waals surface area contributed by atoms with Crippen LogP contribution < -0.4 is 11.5 Å². The minimum atomic E-state index is -3.72. The van der Waals surface area contributed by atoms with E-state index < -0.39 is 38.8 Å². The van der Waals surface area contributed by atoms with E-state index in [1.807, 2.05) is 0 Å². The first kappa shape index (κ1) is 14.9. The van der Waals surface area contributed by atoms with Gasteiger partial charge in [0, 0.05) is 5.56 Å². The lowest BCUT2D eigenvalue weighted by atomic mass is 10.1. The zero-order chi connectivity index (χ0) is 15.8. The number of aliphatic imine (C=N–C) groups is 1. The van der Waals surface area contributed by atoms with E-state index in [0.29, 0.717) is 0 Å². The van der Waals surface area contributed by atoms with Crippen LogP contribution in [0.15, 0.2) is 27.2 Å². The summed E-state index contributed by atoms with van der Waals surface area (Å²) in [5.41, 5.74) is 9.65. The van der Waals surface area contributed by atoms with E-state index in [1.54, 1.807) is 0 Å². The molecule has 112 valence electrons. The number of hydrogen-bond donors (Lipinski definition) is 2. The third-order valence-electron chi connectivity index (χ3n) is 2.70. The van der Waals surface area contributed by atoms with Crippen LogP contribution in [0.3, 0.4) is 0 Å². The molecule has 0 bridgehead atoms. The number of amides is 1. The Morgan fingerprint density at radius 1 is 1.38 bits per heavy atom. The van der Waals surface area contributed by atoms with E-state index in [2.05, 4.69) is 15.0 Å². The van der Waals surface area contributed by atoms with E-state index in [9.17, 15) is 17.6 Å². The van der Waals surface area contributed by atoms with Crippen LogP contribution in [0, 0.1) is 5.82 Å². The molecule has 8 nitrogen and oxygen atoms in total. The van der Waals surface area contributed by atoms with Gasteiger partial charge in [-0.25, -0.2) is 12.8 Å². The molecule has 1 aliphatic heterocycles. The Balaban J connectivity index is 2.66. The van der Waals surface area contributed by atoms with E-state index in [1.165, 1.54) is 7.11 Å². The second-order valence-corrected chi connectivity index (χ2v) is 6.11. The molecule has 10 heteroatoms. The Labute approximate surface area is 119 Å². The molecule has 4 N–H and O–H groups in total. The van der Waals surface area contributed by atoms with E-state index in [4.69, 9.17) is 11.5 Å².